The lowest BCUT2D eigenvalue weighted by atomic mass is 10.2. The summed E-state index contributed by atoms with van der Waals surface area (Å²) in [5, 5.41) is 0. The molecule has 0 spiro atoms. The molecule has 1 heterocycles. The minimum atomic E-state index is 0.420. The Morgan fingerprint density at radius 3 is 2.76 bits per heavy atom. The Morgan fingerprint density at radius 1 is 1.18 bits per heavy atom. The van der Waals surface area contributed by atoms with Crippen LogP contribution in [0, 0.1) is 11.8 Å². The molecule has 0 saturated heterocycles. The van der Waals surface area contributed by atoms with E-state index in [4.69, 9.17) is 10.5 Å². The summed E-state index contributed by atoms with van der Waals surface area (Å²) in [6, 6.07) is 7.35. The molecule has 1 aromatic heterocycles. The Bertz CT molecular complexity index is 584. The topological polar surface area (TPSA) is 61.0 Å². The van der Waals surface area contributed by atoms with E-state index < -0.39 is 0 Å². The van der Waals surface area contributed by atoms with Gasteiger partial charge in [-0.3, -0.25) is 0 Å². The average Bonchev–Trinajstić information content (AvgIpc) is 2.37. The number of aromatic nitrogens is 2. The van der Waals surface area contributed by atoms with Crippen LogP contribution < -0.4 is 10.5 Å². The van der Waals surface area contributed by atoms with Crippen molar-refractivity contribution >= 4 is 5.69 Å². The third kappa shape index (κ3) is 2.73. The van der Waals surface area contributed by atoms with Crippen molar-refractivity contribution in [1.82, 2.24) is 9.97 Å². The molecule has 2 aromatic rings. The molecule has 0 aliphatic rings. The SMILES string of the molecule is COc1nccnc1C#Cc1cccc(N)c1. The van der Waals surface area contributed by atoms with Crippen LogP contribution in [0.1, 0.15) is 11.3 Å². The van der Waals surface area contributed by atoms with Gasteiger partial charge in [-0.2, -0.15) is 0 Å². The molecule has 4 nitrogen and oxygen atoms in total. The summed E-state index contributed by atoms with van der Waals surface area (Å²) in [4.78, 5) is 8.11. The molecule has 2 rings (SSSR count). The first-order valence-electron chi connectivity index (χ1n) is 5.02. The average molecular weight is 225 g/mol. The number of anilines is 1. The molecule has 0 bridgehead atoms. The second kappa shape index (κ2) is 4.99. The third-order valence-electron chi connectivity index (χ3n) is 2.07. The van der Waals surface area contributed by atoms with Gasteiger partial charge in [0, 0.05) is 23.6 Å². The Hall–Kier alpha value is -2.54. The molecule has 0 aliphatic heterocycles. The number of nitrogens with two attached hydrogens (primary N) is 1. The molecule has 2 N–H and O–H groups in total. The van der Waals surface area contributed by atoms with E-state index in [0.717, 1.165) is 5.56 Å². The molecule has 17 heavy (non-hydrogen) atoms. The lowest BCUT2D eigenvalue weighted by molar-refractivity contribution is 0.394. The standard InChI is InChI=1S/C13H11N3O/c1-17-13-12(15-7-8-16-13)6-5-10-3-2-4-11(14)9-10/h2-4,7-9H,14H2,1H3. The molecule has 0 atom stereocenters. The zero-order chi connectivity index (χ0) is 12.1. The summed E-state index contributed by atoms with van der Waals surface area (Å²) >= 11 is 0. The van der Waals surface area contributed by atoms with Crippen molar-refractivity contribution in [2.75, 3.05) is 12.8 Å². The van der Waals surface area contributed by atoms with Gasteiger partial charge in [0.1, 0.15) is 0 Å². The van der Waals surface area contributed by atoms with Crippen LogP contribution in [0.3, 0.4) is 0 Å². The number of benzene rings is 1. The van der Waals surface area contributed by atoms with Gasteiger partial charge in [0.25, 0.3) is 0 Å². The van der Waals surface area contributed by atoms with Gasteiger partial charge in [0.15, 0.2) is 5.69 Å². The second-order valence-corrected chi connectivity index (χ2v) is 3.29. The van der Waals surface area contributed by atoms with E-state index in [2.05, 4.69) is 21.8 Å². The normalized spacial score (nSPS) is 9.24. The molecule has 0 fully saturated rings. The summed E-state index contributed by atoms with van der Waals surface area (Å²) in [5.74, 6) is 6.29. The Kier molecular flexibility index (Phi) is 3.22. The first-order valence-corrected chi connectivity index (χ1v) is 5.02. The largest absolute Gasteiger partial charge is 0.479 e. The molecular formula is C13H11N3O. The number of hydrogen-bond donors (Lipinski definition) is 1. The maximum Gasteiger partial charge on any atom is 0.248 e. The highest BCUT2D eigenvalue weighted by Gasteiger charge is 2.00. The van der Waals surface area contributed by atoms with Crippen molar-refractivity contribution in [3.63, 3.8) is 0 Å². The summed E-state index contributed by atoms with van der Waals surface area (Å²) < 4.78 is 5.06. The van der Waals surface area contributed by atoms with E-state index in [0.29, 0.717) is 17.3 Å². The van der Waals surface area contributed by atoms with Gasteiger partial charge in [0.05, 0.1) is 7.11 Å². The predicted octanol–water partition coefficient (Wildman–Crippen LogP) is 1.47. The van der Waals surface area contributed by atoms with Gasteiger partial charge in [0.2, 0.25) is 5.88 Å². The van der Waals surface area contributed by atoms with Crippen molar-refractivity contribution in [3.8, 4) is 17.7 Å². The highest BCUT2D eigenvalue weighted by molar-refractivity contribution is 5.49. The van der Waals surface area contributed by atoms with Crippen molar-refractivity contribution in [2.45, 2.75) is 0 Å². The molecule has 84 valence electrons. The predicted molar refractivity (Wildman–Crippen MR) is 65.4 cm³/mol. The number of hydrogen-bond acceptors (Lipinski definition) is 4. The zero-order valence-electron chi connectivity index (χ0n) is 9.34. The third-order valence-corrected chi connectivity index (χ3v) is 2.07. The van der Waals surface area contributed by atoms with Crippen molar-refractivity contribution < 1.29 is 4.74 Å². The van der Waals surface area contributed by atoms with E-state index in [-0.39, 0.29) is 0 Å². The van der Waals surface area contributed by atoms with Crippen LogP contribution in [-0.4, -0.2) is 17.1 Å². The van der Waals surface area contributed by atoms with E-state index >= 15 is 0 Å². The summed E-state index contributed by atoms with van der Waals surface area (Å²) in [7, 11) is 1.54. The molecule has 4 heteroatoms. The van der Waals surface area contributed by atoms with Gasteiger partial charge in [-0.1, -0.05) is 12.0 Å². The molecular weight excluding hydrogens is 214 g/mol. The smallest absolute Gasteiger partial charge is 0.248 e. The van der Waals surface area contributed by atoms with Gasteiger partial charge >= 0.3 is 0 Å². The summed E-state index contributed by atoms with van der Waals surface area (Å²) in [6.45, 7) is 0. The lowest BCUT2D eigenvalue weighted by Gasteiger charge is -1.98. The summed E-state index contributed by atoms with van der Waals surface area (Å²) in [5.41, 5.74) is 7.69. The molecule has 0 amide bonds. The van der Waals surface area contributed by atoms with Crippen LogP contribution in [0.4, 0.5) is 5.69 Å². The fourth-order valence-electron chi connectivity index (χ4n) is 1.31. The summed E-state index contributed by atoms with van der Waals surface area (Å²) in [6.07, 6.45) is 3.14. The number of rotatable bonds is 1. The van der Waals surface area contributed by atoms with Crippen molar-refractivity contribution in [3.05, 3.63) is 47.9 Å². The van der Waals surface area contributed by atoms with Crippen LogP contribution in [-0.2, 0) is 0 Å². The minimum Gasteiger partial charge on any atom is -0.479 e. The Morgan fingerprint density at radius 2 is 2.00 bits per heavy atom. The molecule has 1 aromatic carbocycles. The van der Waals surface area contributed by atoms with Crippen molar-refractivity contribution in [2.24, 2.45) is 0 Å². The van der Waals surface area contributed by atoms with E-state index in [1.807, 2.05) is 18.2 Å². The minimum absolute atomic E-state index is 0.420. The van der Waals surface area contributed by atoms with E-state index in [1.165, 1.54) is 7.11 Å². The Labute approximate surface area is 99.5 Å². The quantitative estimate of drug-likeness (QED) is 0.589. The molecule has 0 unspecified atom stereocenters. The highest BCUT2D eigenvalue weighted by atomic mass is 16.5. The molecule has 0 saturated carbocycles. The van der Waals surface area contributed by atoms with Gasteiger partial charge in [-0.05, 0) is 24.1 Å². The fraction of sp³-hybridized carbons (Fsp3) is 0.0769. The number of nitrogen functional groups attached to an aromatic ring is 1. The number of methoxy groups -OCH3 is 1. The zero-order valence-corrected chi connectivity index (χ0v) is 9.34. The first kappa shape index (κ1) is 11.0. The van der Waals surface area contributed by atoms with Crippen LogP contribution in [0.5, 0.6) is 5.88 Å². The fourth-order valence-corrected chi connectivity index (χ4v) is 1.31. The Balaban J connectivity index is 2.33. The second-order valence-electron chi connectivity index (χ2n) is 3.29. The van der Waals surface area contributed by atoms with E-state index in [1.54, 1.807) is 18.5 Å². The van der Waals surface area contributed by atoms with Gasteiger partial charge < -0.3 is 10.5 Å². The van der Waals surface area contributed by atoms with Crippen LogP contribution in [0.2, 0.25) is 0 Å². The first-order chi connectivity index (χ1) is 8.29. The highest BCUT2D eigenvalue weighted by Crippen LogP contribution is 2.09. The lowest BCUT2D eigenvalue weighted by Crippen LogP contribution is -1.93. The number of ether oxygens (including phenoxy) is 1. The van der Waals surface area contributed by atoms with Crippen molar-refractivity contribution in [1.29, 1.82) is 0 Å². The number of nitrogens with zero attached hydrogens (tertiary/aromatic N) is 2. The molecule has 0 aliphatic carbocycles. The van der Waals surface area contributed by atoms with Gasteiger partial charge in [-0.15, -0.1) is 0 Å². The van der Waals surface area contributed by atoms with Crippen LogP contribution in [0.25, 0.3) is 0 Å². The monoisotopic (exact) mass is 225 g/mol. The van der Waals surface area contributed by atoms with Crippen LogP contribution in [0.15, 0.2) is 36.7 Å². The maximum atomic E-state index is 5.66. The van der Waals surface area contributed by atoms with E-state index in [9.17, 15) is 0 Å². The maximum absolute atomic E-state index is 5.66. The van der Waals surface area contributed by atoms with Crippen LogP contribution >= 0.6 is 0 Å². The molecule has 0 radical (unpaired) electrons. The van der Waals surface area contributed by atoms with Gasteiger partial charge in [-0.25, -0.2) is 9.97 Å².